The molecule has 0 radical (unpaired) electrons. The monoisotopic (exact) mass is 255 g/mol. The van der Waals surface area contributed by atoms with Crippen LogP contribution < -0.4 is 5.32 Å². The molecule has 100 valence electrons. The molecular formula is C16H21N3. The van der Waals surface area contributed by atoms with Gasteiger partial charge in [-0.3, -0.25) is 0 Å². The second-order valence-corrected chi connectivity index (χ2v) is 4.80. The van der Waals surface area contributed by atoms with Crippen molar-refractivity contribution < 1.29 is 0 Å². The molecule has 0 aliphatic carbocycles. The summed E-state index contributed by atoms with van der Waals surface area (Å²) in [7, 11) is 0. The van der Waals surface area contributed by atoms with Crippen LogP contribution in [0.5, 0.6) is 0 Å². The fraction of sp³-hybridized carbons (Fsp3) is 0.312. The normalized spacial score (nSPS) is 12.4. The topological polar surface area (TPSA) is 29.9 Å². The Balaban J connectivity index is 2.27. The van der Waals surface area contributed by atoms with Gasteiger partial charge in [-0.25, -0.2) is 4.68 Å². The number of benzene rings is 1. The van der Waals surface area contributed by atoms with Gasteiger partial charge < -0.3 is 5.32 Å². The fourth-order valence-corrected chi connectivity index (χ4v) is 2.10. The van der Waals surface area contributed by atoms with E-state index in [-0.39, 0.29) is 0 Å². The number of rotatable bonds is 5. The zero-order valence-electron chi connectivity index (χ0n) is 11.9. The molecule has 0 bridgehead atoms. The number of hydrogen-bond acceptors (Lipinski definition) is 2. The highest BCUT2D eigenvalue weighted by Gasteiger charge is 2.12. The Hall–Kier alpha value is -1.87. The molecule has 3 nitrogen and oxygen atoms in total. The van der Waals surface area contributed by atoms with Crippen molar-refractivity contribution in [1.82, 2.24) is 15.1 Å². The number of aromatic nitrogens is 2. The molecule has 1 atom stereocenters. The maximum absolute atomic E-state index is 4.64. The fourth-order valence-electron chi connectivity index (χ4n) is 2.10. The second-order valence-electron chi connectivity index (χ2n) is 4.80. The van der Waals surface area contributed by atoms with E-state index in [1.807, 2.05) is 29.0 Å². The van der Waals surface area contributed by atoms with Crippen LogP contribution in [0, 0.1) is 13.8 Å². The van der Waals surface area contributed by atoms with E-state index in [9.17, 15) is 0 Å². The molecule has 2 rings (SSSR count). The third-order valence-electron chi connectivity index (χ3n) is 3.40. The molecular weight excluding hydrogens is 234 g/mol. The maximum Gasteiger partial charge on any atom is 0.0648 e. The van der Waals surface area contributed by atoms with E-state index < -0.39 is 0 Å². The second kappa shape index (κ2) is 5.85. The summed E-state index contributed by atoms with van der Waals surface area (Å²) in [6.07, 6.45) is 1.91. The molecule has 0 aliphatic rings. The minimum absolute atomic E-state index is 0.305. The quantitative estimate of drug-likeness (QED) is 0.832. The van der Waals surface area contributed by atoms with Gasteiger partial charge in [0.15, 0.2) is 0 Å². The average Bonchev–Trinajstić information content (AvgIpc) is 2.72. The Morgan fingerprint density at radius 2 is 2.00 bits per heavy atom. The first-order valence-corrected chi connectivity index (χ1v) is 6.60. The van der Waals surface area contributed by atoms with Crippen LogP contribution >= 0.6 is 0 Å². The van der Waals surface area contributed by atoms with Crippen LogP contribution in [-0.2, 0) is 6.54 Å². The van der Waals surface area contributed by atoms with Crippen molar-refractivity contribution in [3.63, 3.8) is 0 Å². The van der Waals surface area contributed by atoms with E-state index >= 15 is 0 Å². The summed E-state index contributed by atoms with van der Waals surface area (Å²) in [5, 5.41) is 8.06. The van der Waals surface area contributed by atoms with Crippen molar-refractivity contribution in [2.45, 2.75) is 33.4 Å². The van der Waals surface area contributed by atoms with Gasteiger partial charge in [0.2, 0.25) is 0 Å². The summed E-state index contributed by atoms with van der Waals surface area (Å²) < 4.78 is 2.00. The van der Waals surface area contributed by atoms with E-state index in [1.54, 1.807) is 0 Å². The van der Waals surface area contributed by atoms with Gasteiger partial charge in [-0.05, 0) is 32.9 Å². The van der Waals surface area contributed by atoms with Gasteiger partial charge in [-0.1, -0.05) is 24.3 Å². The Labute approximate surface area is 115 Å². The molecule has 0 spiro atoms. The summed E-state index contributed by atoms with van der Waals surface area (Å²) in [6, 6.07) is 10.5. The van der Waals surface area contributed by atoms with Gasteiger partial charge in [-0.2, -0.15) is 5.10 Å². The first-order chi connectivity index (χ1) is 9.13. The lowest BCUT2D eigenvalue weighted by Crippen LogP contribution is -2.23. The summed E-state index contributed by atoms with van der Waals surface area (Å²) >= 11 is 0. The Kier molecular flexibility index (Phi) is 4.17. The van der Waals surface area contributed by atoms with Crippen molar-refractivity contribution in [1.29, 1.82) is 0 Å². The molecule has 0 aliphatic heterocycles. The van der Waals surface area contributed by atoms with E-state index in [1.165, 1.54) is 11.3 Å². The molecule has 1 aromatic carbocycles. The van der Waals surface area contributed by atoms with Gasteiger partial charge in [0, 0.05) is 23.8 Å². The molecule has 1 aromatic heterocycles. The lowest BCUT2D eigenvalue weighted by atomic mass is 10.2. The summed E-state index contributed by atoms with van der Waals surface area (Å²) in [4.78, 5) is 0. The van der Waals surface area contributed by atoms with E-state index in [2.05, 4.69) is 49.9 Å². The molecule has 1 unspecified atom stereocenters. The highest BCUT2D eigenvalue weighted by Crippen LogP contribution is 2.17. The number of para-hydroxylation sites is 1. The number of hydrogen-bond donors (Lipinski definition) is 1. The molecule has 0 fully saturated rings. The van der Waals surface area contributed by atoms with Crippen LogP contribution in [0.25, 0.3) is 5.69 Å². The smallest absolute Gasteiger partial charge is 0.0648 e. The minimum atomic E-state index is 0.305. The predicted octanol–water partition coefficient (Wildman–Crippen LogP) is 3.15. The molecule has 0 amide bonds. The predicted molar refractivity (Wildman–Crippen MR) is 79.5 cm³/mol. The highest BCUT2D eigenvalue weighted by atomic mass is 15.3. The highest BCUT2D eigenvalue weighted by molar-refractivity contribution is 5.36. The van der Waals surface area contributed by atoms with Crippen molar-refractivity contribution in [2.75, 3.05) is 0 Å². The molecule has 0 saturated carbocycles. The first kappa shape index (κ1) is 13.6. The lowest BCUT2D eigenvalue weighted by molar-refractivity contribution is 0.630. The van der Waals surface area contributed by atoms with Crippen molar-refractivity contribution in [2.24, 2.45) is 0 Å². The molecule has 1 N–H and O–H groups in total. The Morgan fingerprint density at radius 3 is 2.63 bits per heavy atom. The van der Waals surface area contributed by atoms with Crippen molar-refractivity contribution in [3.05, 3.63) is 59.9 Å². The van der Waals surface area contributed by atoms with Gasteiger partial charge in [0.05, 0.1) is 11.4 Å². The Morgan fingerprint density at radius 1 is 1.32 bits per heavy atom. The minimum Gasteiger partial charge on any atom is -0.307 e. The van der Waals surface area contributed by atoms with Gasteiger partial charge in [0.25, 0.3) is 0 Å². The number of aryl methyl sites for hydroxylation is 1. The van der Waals surface area contributed by atoms with Crippen LogP contribution in [0.1, 0.15) is 23.9 Å². The zero-order valence-corrected chi connectivity index (χ0v) is 11.9. The van der Waals surface area contributed by atoms with Crippen LogP contribution in [-0.4, -0.2) is 15.8 Å². The number of nitrogens with one attached hydrogen (secondary N) is 1. The van der Waals surface area contributed by atoms with Gasteiger partial charge in [0.1, 0.15) is 0 Å². The molecule has 3 heteroatoms. The molecule has 1 heterocycles. The van der Waals surface area contributed by atoms with Gasteiger partial charge >= 0.3 is 0 Å². The maximum atomic E-state index is 4.64. The zero-order chi connectivity index (χ0) is 13.8. The average molecular weight is 255 g/mol. The summed E-state index contributed by atoms with van der Waals surface area (Å²) in [6.45, 7) is 10.9. The lowest BCUT2D eigenvalue weighted by Gasteiger charge is -2.09. The Bertz CT molecular complexity index is 555. The first-order valence-electron chi connectivity index (χ1n) is 6.60. The molecule has 19 heavy (non-hydrogen) atoms. The molecule has 0 saturated heterocycles. The van der Waals surface area contributed by atoms with Gasteiger partial charge in [-0.15, -0.1) is 6.58 Å². The van der Waals surface area contributed by atoms with Crippen LogP contribution in [0.3, 0.4) is 0 Å². The SMILES string of the molecule is C=CC(C)NCc1c(C)nn(-c2ccccc2)c1C. The van der Waals surface area contributed by atoms with Crippen molar-refractivity contribution in [3.8, 4) is 5.69 Å². The van der Waals surface area contributed by atoms with E-state index in [4.69, 9.17) is 0 Å². The van der Waals surface area contributed by atoms with Crippen molar-refractivity contribution >= 4 is 0 Å². The standard InChI is InChI=1S/C16H21N3/c1-5-12(2)17-11-16-13(3)18-19(14(16)4)15-9-7-6-8-10-15/h5-10,12,17H,1,11H2,2-4H3. The summed E-state index contributed by atoms with van der Waals surface area (Å²) in [5.41, 5.74) is 4.63. The largest absolute Gasteiger partial charge is 0.307 e. The third-order valence-corrected chi connectivity index (χ3v) is 3.40. The number of nitrogens with zero attached hydrogens (tertiary/aromatic N) is 2. The summed E-state index contributed by atoms with van der Waals surface area (Å²) in [5.74, 6) is 0. The van der Waals surface area contributed by atoms with Crippen LogP contribution in [0.2, 0.25) is 0 Å². The van der Waals surface area contributed by atoms with Crippen LogP contribution in [0.4, 0.5) is 0 Å². The molecule has 2 aromatic rings. The third kappa shape index (κ3) is 2.93. The van der Waals surface area contributed by atoms with E-state index in [0.29, 0.717) is 6.04 Å². The van der Waals surface area contributed by atoms with Crippen LogP contribution in [0.15, 0.2) is 43.0 Å². The van der Waals surface area contributed by atoms with E-state index in [0.717, 1.165) is 17.9 Å².